The first-order valence-electron chi connectivity index (χ1n) is 19.2. The number of anilines is 2. The third-order valence-electron chi connectivity index (χ3n) is 10.2. The Morgan fingerprint density at radius 2 is 1.67 bits per heavy atom. The van der Waals surface area contributed by atoms with Crippen molar-refractivity contribution in [3.8, 4) is 0 Å². The Labute approximate surface area is 351 Å². The van der Waals surface area contributed by atoms with Crippen molar-refractivity contribution in [1.29, 1.82) is 0 Å². The van der Waals surface area contributed by atoms with Gasteiger partial charge in [0.1, 0.15) is 67.5 Å². The van der Waals surface area contributed by atoms with Gasteiger partial charge in [0.05, 0.1) is 38.4 Å². The number of nitrogen functional groups attached to an aromatic ring is 2. The fourth-order valence-electron chi connectivity index (χ4n) is 7.06. The van der Waals surface area contributed by atoms with Gasteiger partial charge in [-0.15, -0.1) is 0 Å². The van der Waals surface area contributed by atoms with Gasteiger partial charge in [-0.1, -0.05) is 25.2 Å². The van der Waals surface area contributed by atoms with Crippen LogP contribution in [0.25, 0.3) is 11.2 Å². The van der Waals surface area contributed by atoms with Crippen LogP contribution in [-0.2, 0) is 48.7 Å². The number of aromatic nitrogens is 8. The van der Waals surface area contributed by atoms with Crippen LogP contribution in [-0.4, -0.2) is 112 Å². The van der Waals surface area contributed by atoms with Gasteiger partial charge in [0.2, 0.25) is 0 Å². The Bertz CT molecular complexity index is 2470. The van der Waals surface area contributed by atoms with E-state index in [4.69, 9.17) is 55.6 Å². The summed E-state index contributed by atoms with van der Waals surface area (Å²) in [5.41, 5.74) is 10.3. The van der Waals surface area contributed by atoms with Gasteiger partial charge in [-0.05, 0) is 19.4 Å². The largest absolute Gasteiger partial charge is 0.780 e. The summed E-state index contributed by atoms with van der Waals surface area (Å²) in [6.07, 6.45) is -2.90. The molecule has 0 amide bonds. The molecule has 3 aliphatic heterocycles. The summed E-state index contributed by atoms with van der Waals surface area (Å²) in [5, 5.41) is 23.8. The topological polar surface area (TPSA) is 343 Å². The average Bonchev–Trinajstić information content (AvgIpc) is 4.00. The molecular weight excluding hydrogens is 868 g/mol. The Morgan fingerprint density at radius 1 is 0.984 bits per heavy atom. The Kier molecular flexibility index (Phi) is 14.0. The highest BCUT2D eigenvalue weighted by atomic mass is 32.5. The maximum absolute atomic E-state index is 14.6. The number of hydrogen-bond acceptors (Lipinski definition) is 21. The number of aliphatic hydroxyl groups excluding tert-OH is 2. The predicted octanol–water partition coefficient (Wildman–Crippen LogP) is -0.792. The highest BCUT2D eigenvalue weighted by Gasteiger charge is 2.45. The minimum atomic E-state index is -4.44. The van der Waals surface area contributed by atoms with E-state index in [-0.39, 0.29) is 43.0 Å². The van der Waals surface area contributed by atoms with Crippen LogP contribution in [0.4, 0.5) is 11.6 Å². The first kappa shape index (κ1) is 45.2. The van der Waals surface area contributed by atoms with E-state index in [9.17, 15) is 34.1 Å². The fourth-order valence-corrected chi connectivity index (χ4v) is 10.1. The summed E-state index contributed by atoms with van der Waals surface area (Å²) in [7, 11) is -4.32. The van der Waals surface area contributed by atoms with Gasteiger partial charge in [-0.2, -0.15) is 4.98 Å². The molecule has 61 heavy (non-hydrogen) atoms. The molecule has 0 spiro atoms. The van der Waals surface area contributed by atoms with Gasteiger partial charge in [0.15, 0.2) is 11.5 Å². The number of aromatic amines is 1. The molecule has 4 aromatic rings. The van der Waals surface area contributed by atoms with E-state index in [2.05, 4.69) is 30.0 Å². The van der Waals surface area contributed by atoms with Crippen molar-refractivity contribution in [2.75, 3.05) is 37.8 Å². The maximum atomic E-state index is 14.6. The maximum Gasteiger partial charge on any atom is 0.405 e. The highest BCUT2D eigenvalue weighted by molar-refractivity contribution is 8.06. The summed E-state index contributed by atoms with van der Waals surface area (Å²) in [6, 6.07) is 1.38. The van der Waals surface area contributed by atoms with Crippen LogP contribution >= 0.6 is 14.5 Å². The molecule has 11 atom stereocenters. The summed E-state index contributed by atoms with van der Waals surface area (Å²) >= 11 is 5.23. The van der Waals surface area contributed by atoms with Crippen molar-refractivity contribution in [2.45, 2.75) is 101 Å². The summed E-state index contributed by atoms with van der Waals surface area (Å²) < 4.78 is 59.8. The predicted molar refractivity (Wildman–Crippen MR) is 214 cm³/mol. The van der Waals surface area contributed by atoms with Gasteiger partial charge < -0.3 is 49.8 Å². The molecule has 7 heterocycles. The zero-order chi connectivity index (χ0) is 43.6. The molecule has 0 bridgehead atoms. The number of unbranched alkanes of at least 4 members (excludes halogenated alkanes) is 1. The van der Waals surface area contributed by atoms with Crippen LogP contribution in [0, 0.1) is 6.92 Å². The number of nitrogens with two attached hydrogens (primary N) is 2. The van der Waals surface area contributed by atoms with E-state index in [0.717, 1.165) is 15.6 Å². The van der Waals surface area contributed by atoms with Crippen LogP contribution in [0.15, 0.2) is 45.5 Å². The summed E-state index contributed by atoms with van der Waals surface area (Å²) in [5.74, 6) is 0.161. The molecule has 0 saturated carbocycles. The Morgan fingerprint density at radius 3 is 2.41 bits per heavy atom. The molecule has 3 fully saturated rings. The van der Waals surface area contributed by atoms with Crippen molar-refractivity contribution in [1.82, 2.24) is 43.7 Å². The molecule has 3 saturated heterocycles. The molecule has 25 nitrogen and oxygen atoms in total. The standard InChI is InChI=1S/C33H47N11O14P2S/c1-3-4-6-39-59(50,52-13-22-18(46)8-25(55-22)44-16-38-28-29(35)36-15-37-30(28)44)57-20-10-27(43-11-17(2)31(47)41-33(43)49)56-23(20)14-53-60(51,61)58-19-9-26(54-21(19)12-45)42-7-5-24(34)40-32(42)48/h5,7,11,15-16,18-23,25-27,45-46H,3-4,6,8-10,12-14H2,1-2H3,(H,39,50)(H,51,61)(H2,34,40,48)(H2,35,36,37)(H,41,47,49)/p-1/t18?,19?,20?,21-,22-,23-,25-,26-,27-,59?,60?/m1/s1. The lowest BCUT2D eigenvalue weighted by Gasteiger charge is -2.33. The number of hydrogen-bond donors (Lipinski definition) is 6. The minimum Gasteiger partial charge on any atom is -0.780 e. The van der Waals surface area contributed by atoms with Crippen molar-refractivity contribution < 1.29 is 52.0 Å². The fraction of sp³-hybridized carbons (Fsp3) is 0.606. The van der Waals surface area contributed by atoms with Crippen LogP contribution in [0.1, 0.15) is 63.3 Å². The first-order chi connectivity index (χ1) is 29.1. The normalized spacial score (nSPS) is 28.6. The van der Waals surface area contributed by atoms with Gasteiger partial charge in [0, 0.05) is 43.8 Å². The van der Waals surface area contributed by atoms with E-state index in [1.165, 1.54) is 38.0 Å². The third-order valence-corrected chi connectivity index (χ3v) is 13.5. The molecule has 3 aliphatic rings. The Balaban J connectivity index is 1.07. The molecule has 0 aromatic carbocycles. The molecule has 7 rings (SSSR count). The van der Waals surface area contributed by atoms with Gasteiger partial charge in [0.25, 0.3) is 5.56 Å². The van der Waals surface area contributed by atoms with Crippen molar-refractivity contribution in [3.05, 3.63) is 68.0 Å². The number of imidazole rings is 1. The van der Waals surface area contributed by atoms with E-state index in [1.54, 1.807) is 4.57 Å². The SMILES string of the molecule is CCCCNP(=O)(OC[C@H]1O[C@@H](n2cnc3c(N)ncnc32)CC1O)OC1C[C@H](n2cc(C)c(=O)[nH]c2=O)O[C@@H]1COP([O-])(=S)OC1C[C@H](n2ccc(N)nc2=O)O[C@@H]1CO. The molecule has 4 aromatic heterocycles. The average molecular weight is 915 g/mol. The molecule has 28 heteroatoms. The number of H-pyrrole nitrogens is 1. The molecule has 8 N–H and O–H groups in total. The van der Waals surface area contributed by atoms with Crippen LogP contribution < -0.4 is 38.4 Å². The second-order valence-corrected chi connectivity index (χ2v) is 19.0. The van der Waals surface area contributed by atoms with Crippen molar-refractivity contribution in [2.24, 2.45) is 0 Å². The number of nitrogens with zero attached hydrogens (tertiary/aromatic N) is 7. The zero-order valence-corrected chi connectivity index (χ0v) is 35.4. The Hall–Kier alpha value is -3.85. The van der Waals surface area contributed by atoms with E-state index in [1.807, 2.05) is 6.92 Å². The van der Waals surface area contributed by atoms with Crippen molar-refractivity contribution in [3.63, 3.8) is 0 Å². The van der Waals surface area contributed by atoms with E-state index < -0.39 is 107 Å². The quantitative estimate of drug-likeness (QED) is 0.0526. The number of nitrogens with one attached hydrogen (secondary N) is 2. The first-order valence-corrected chi connectivity index (χ1v) is 23.3. The van der Waals surface area contributed by atoms with Gasteiger partial charge in [-0.25, -0.2) is 34.2 Å². The number of rotatable bonds is 18. The lowest BCUT2D eigenvalue weighted by Crippen LogP contribution is -2.34. The monoisotopic (exact) mass is 914 g/mol. The highest BCUT2D eigenvalue weighted by Crippen LogP contribution is 2.51. The second-order valence-electron chi connectivity index (χ2n) is 14.5. The lowest BCUT2D eigenvalue weighted by molar-refractivity contribution is -0.215. The van der Waals surface area contributed by atoms with Crippen LogP contribution in [0.2, 0.25) is 0 Å². The van der Waals surface area contributed by atoms with Gasteiger partial charge in [-0.3, -0.25) is 32.5 Å². The van der Waals surface area contributed by atoms with Crippen LogP contribution in [0.5, 0.6) is 0 Å². The van der Waals surface area contributed by atoms with Crippen molar-refractivity contribution >= 4 is 49.1 Å². The van der Waals surface area contributed by atoms with Crippen LogP contribution in [0.3, 0.4) is 0 Å². The number of aryl methyl sites for hydroxylation is 1. The molecule has 0 radical (unpaired) electrons. The lowest BCUT2D eigenvalue weighted by atomic mass is 10.2. The zero-order valence-electron chi connectivity index (χ0n) is 32.8. The molecule has 5 unspecified atom stereocenters. The molecular formula is C33H46N11O14P2S-. The van der Waals surface area contributed by atoms with Gasteiger partial charge >= 0.3 is 19.1 Å². The van der Waals surface area contributed by atoms with E-state index >= 15 is 0 Å². The number of aliphatic hydroxyl groups is 2. The third kappa shape index (κ3) is 10.3. The minimum absolute atomic E-state index is 0.00815. The van der Waals surface area contributed by atoms with E-state index in [0.29, 0.717) is 17.6 Å². The molecule has 334 valence electrons. The summed E-state index contributed by atoms with van der Waals surface area (Å²) in [6.45, 7) is -2.42. The smallest absolute Gasteiger partial charge is 0.405 e. The summed E-state index contributed by atoms with van der Waals surface area (Å²) in [4.78, 5) is 69.5. The number of fused-ring (bicyclic) bond motifs is 1. The number of ether oxygens (including phenoxy) is 3. The molecule has 0 aliphatic carbocycles. The second kappa shape index (κ2) is 18.9.